The zero-order valence-corrected chi connectivity index (χ0v) is 6.57. The smallest absolute Gasteiger partial charge is 0.199 e. The van der Waals surface area contributed by atoms with Gasteiger partial charge in [-0.1, -0.05) is 0 Å². The predicted molar refractivity (Wildman–Crippen MR) is 36.0 cm³/mol. The molecule has 0 aromatic heterocycles. The van der Waals surface area contributed by atoms with E-state index in [-0.39, 0.29) is 0 Å². The third-order valence-corrected chi connectivity index (χ3v) is 3.48. The fourth-order valence-electron chi connectivity index (χ4n) is 0.299. The summed E-state index contributed by atoms with van der Waals surface area (Å²) in [6, 6.07) is 0. The van der Waals surface area contributed by atoms with Crippen LogP contribution < -0.4 is 9.96 Å². The van der Waals surface area contributed by atoms with Crippen molar-refractivity contribution >= 4 is 20.7 Å². The van der Waals surface area contributed by atoms with Gasteiger partial charge in [-0.25, -0.2) is 0 Å². The van der Waals surface area contributed by atoms with E-state index in [1.165, 1.54) is 0 Å². The summed E-state index contributed by atoms with van der Waals surface area (Å²) in [5.74, 6) is 0. The molecule has 0 aromatic rings. The van der Waals surface area contributed by atoms with Gasteiger partial charge in [0.25, 0.3) is 0 Å². The molecule has 0 spiro atoms. The van der Waals surface area contributed by atoms with Crippen LogP contribution in [0.15, 0.2) is 0 Å². The fraction of sp³-hybridized carbons (Fsp3) is 1.00. The Hall–Kier alpha value is 0.427. The summed E-state index contributed by atoms with van der Waals surface area (Å²) in [7, 11) is 2.95. The molecule has 44 valence electrons. The van der Waals surface area contributed by atoms with Crippen molar-refractivity contribution in [2.24, 2.45) is 0 Å². The Morgan fingerprint density at radius 2 is 1.86 bits per heavy atom. The molecule has 2 nitrogen and oxygen atoms in total. The van der Waals surface area contributed by atoms with Crippen LogP contribution in [0.2, 0.25) is 0 Å². The lowest BCUT2D eigenvalue weighted by Crippen LogP contribution is -2.45. The fourth-order valence-corrected chi connectivity index (χ4v) is 1.82. The molecular formula is C3H11ClN2Si. The normalized spacial score (nSPS) is 10.3. The van der Waals surface area contributed by atoms with Crippen LogP contribution in [0.25, 0.3) is 0 Å². The van der Waals surface area contributed by atoms with E-state index in [1.54, 1.807) is 0 Å². The van der Waals surface area contributed by atoms with Crippen LogP contribution in [0.5, 0.6) is 0 Å². The maximum atomic E-state index is 5.50. The van der Waals surface area contributed by atoms with E-state index in [1.807, 2.05) is 14.1 Å². The second-order valence-corrected chi connectivity index (χ2v) is 4.78. The Morgan fingerprint density at radius 3 is 1.86 bits per heavy atom. The second-order valence-electron chi connectivity index (χ2n) is 1.28. The Labute approximate surface area is 51.0 Å². The van der Waals surface area contributed by atoms with Crippen molar-refractivity contribution in [2.75, 3.05) is 19.6 Å². The molecule has 4 heteroatoms. The van der Waals surface area contributed by atoms with Crippen LogP contribution in [0, 0.1) is 0 Å². The van der Waals surface area contributed by atoms with Gasteiger partial charge < -0.3 is 9.96 Å². The van der Waals surface area contributed by atoms with Crippen molar-refractivity contribution in [3.8, 4) is 0 Å². The molecule has 0 atom stereocenters. The zero-order valence-electron chi connectivity index (χ0n) is 4.66. The molecular weight excluding hydrogens is 128 g/mol. The number of nitrogens with one attached hydrogen (secondary N) is 2. The highest BCUT2D eigenvalue weighted by Gasteiger charge is 1.99. The molecule has 0 radical (unpaired) electrons. The van der Waals surface area contributed by atoms with Crippen LogP contribution in [-0.2, 0) is 0 Å². The molecule has 0 fully saturated rings. The monoisotopic (exact) mass is 138 g/mol. The first-order chi connectivity index (χ1) is 3.35. The molecule has 0 saturated heterocycles. The topological polar surface area (TPSA) is 24.1 Å². The molecule has 0 saturated carbocycles. The molecule has 0 aromatic carbocycles. The molecule has 0 unspecified atom stereocenters. The molecule has 0 heterocycles. The van der Waals surface area contributed by atoms with Crippen molar-refractivity contribution in [2.45, 2.75) is 0 Å². The Kier molecular flexibility index (Phi) is 4.86. The van der Waals surface area contributed by atoms with Crippen molar-refractivity contribution in [3.05, 3.63) is 0 Å². The number of alkyl halides is 1. The summed E-state index contributed by atoms with van der Waals surface area (Å²) in [4.78, 5) is 6.19. The van der Waals surface area contributed by atoms with Crippen LogP contribution in [0.3, 0.4) is 0 Å². The van der Waals surface area contributed by atoms with E-state index >= 15 is 0 Å². The third-order valence-electron chi connectivity index (χ3n) is 0.851. The van der Waals surface area contributed by atoms with Crippen LogP contribution in [0.4, 0.5) is 0 Å². The van der Waals surface area contributed by atoms with Gasteiger partial charge in [-0.05, 0) is 14.1 Å². The van der Waals surface area contributed by atoms with Crippen molar-refractivity contribution in [1.29, 1.82) is 0 Å². The predicted octanol–water partition coefficient (Wildman–Crippen LogP) is -0.576. The van der Waals surface area contributed by atoms with E-state index in [9.17, 15) is 0 Å². The number of hydrogen-bond acceptors (Lipinski definition) is 2. The average Bonchev–Trinajstić information content (AvgIpc) is 1.72. The molecule has 0 aliphatic carbocycles. The minimum Gasteiger partial charge on any atom is -0.330 e. The summed E-state index contributed by atoms with van der Waals surface area (Å²) in [6.45, 7) is 0. The highest BCUT2D eigenvalue weighted by Crippen LogP contribution is 1.72. The standard InChI is InChI=1S/C3H11ClN2Si/c1-5-7(3-4)6-2/h5-7H,3H2,1-2H3. The third kappa shape index (κ3) is 3.05. The van der Waals surface area contributed by atoms with Gasteiger partial charge in [0.2, 0.25) is 0 Å². The van der Waals surface area contributed by atoms with Gasteiger partial charge in [-0.2, -0.15) is 0 Å². The molecule has 0 amide bonds. The number of halogens is 1. The number of hydrogen-bond donors (Lipinski definition) is 2. The highest BCUT2D eigenvalue weighted by molar-refractivity contribution is 6.62. The second kappa shape index (κ2) is 4.58. The summed E-state index contributed by atoms with van der Waals surface area (Å²) >= 11 is 5.50. The van der Waals surface area contributed by atoms with Gasteiger partial charge in [0, 0.05) is 5.50 Å². The van der Waals surface area contributed by atoms with E-state index in [0.29, 0.717) is 0 Å². The summed E-state index contributed by atoms with van der Waals surface area (Å²) in [5, 5.41) is 0. The lowest BCUT2D eigenvalue weighted by atomic mass is 11.6. The first kappa shape index (κ1) is 7.43. The Bertz CT molecular complexity index is 34.4. The van der Waals surface area contributed by atoms with Gasteiger partial charge >= 0.3 is 0 Å². The summed E-state index contributed by atoms with van der Waals surface area (Å²) < 4.78 is 0. The van der Waals surface area contributed by atoms with Gasteiger partial charge in [0.15, 0.2) is 9.12 Å². The van der Waals surface area contributed by atoms with Crippen LogP contribution >= 0.6 is 11.6 Å². The minimum atomic E-state index is -0.906. The highest BCUT2D eigenvalue weighted by atomic mass is 35.5. The SMILES string of the molecule is CN[SiH](CCl)NC. The lowest BCUT2D eigenvalue weighted by Gasteiger charge is -2.05. The quantitative estimate of drug-likeness (QED) is 0.403. The van der Waals surface area contributed by atoms with E-state index < -0.39 is 9.12 Å². The number of rotatable bonds is 3. The lowest BCUT2D eigenvalue weighted by molar-refractivity contribution is 1.08. The van der Waals surface area contributed by atoms with Gasteiger partial charge in [-0.3, -0.25) is 0 Å². The molecule has 0 aliphatic heterocycles. The van der Waals surface area contributed by atoms with Crippen molar-refractivity contribution in [1.82, 2.24) is 9.96 Å². The van der Waals surface area contributed by atoms with Crippen molar-refractivity contribution < 1.29 is 0 Å². The largest absolute Gasteiger partial charge is 0.330 e. The maximum Gasteiger partial charge on any atom is 0.199 e. The van der Waals surface area contributed by atoms with Gasteiger partial charge in [0.05, 0.1) is 0 Å². The van der Waals surface area contributed by atoms with E-state index in [4.69, 9.17) is 11.6 Å². The molecule has 2 N–H and O–H groups in total. The maximum absolute atomic E-state index is 5.50. The van der Waals surface area contributed by atoms with E-state index in [0.717, 1.165) is 5.50 Å². The minimum absolute atomic E-state index is 0.743. The molecule has 7 heavy (non-hydrogen) atoms. The van der Waals surface area contributed by atoms with Gasteiger partial charge in [0.1, 0.15) is 0 Å². The first-order valence-electron chi connectivity index (χ1n) is 2.25. The van der Waals surface area contributed by atoms with Crippen LogP contribution in [-0.4, -0.2) is 28.7 Å². The van der Waals surface area contributed by atoms with Crippen LogP contribution in [0.1, 0.15) is 0 Å². The molecule has 0 rings (SSSR count). The Morgan fingerprint density at radius 1 is 1.43 bits per heavy atom. The average molecular weight is 139 g/mol. The van der Waals surface area contributed by atoms with Gasteiger partial charge in [-0.15, -0.1) is 11.6 Å². The Balaban J connectivity index is 2.99. The summed E-state index contributed by atoms with van der Waals surface area (Å²) in [5.41, 5.74) is 0.743. The molecule has 0 aliphatic rings. The molecule has 0 bridgehead atoms. The van der Waals surface area contributed by atoms with Crippen molar-refractivity contribution in [3.63, 3.8) is 0 Å². The first-order valence-corrected chi connectivity index (χ1v) is 4.76. The zero-order chi connectivity index (χ0) is 5.70. The van der Waals surface area contributed by atoms with E-state index in [2.05, 4.69) is 9.96 Å². The summed E-state index contributed by atoms with van der Waals surface area (Å²) in [6.07, 6.45) is 0.